The number of aromatic nitrogens is 1. The molecule has 1 unspecified atom stereocenters. The summed E-state index contributed by atoms with van der Waals surface area (Å²) in [6.07, 6.45) is 1.41. The fourth-order valence-corrected chi connectivity index (χ4v) is 5.98. The van der Waals surface area contributed by atoms with Gasteiger partial charge in [0.1, 0.15) is 29.4 Å². The number of anilines is 1. The molecule has 17 nitrogen and oxygen atoms in total. The molecule has 2 atom stereocenters. The van der Waals surface area contributed by atoms with Crippen LogP contribution in [0, 0.1) is 15.5 Å². The van der Waals surface area contributed by atoms with Crippen molar-refractivity contribution in [3.05, 3.63) is 74.9 Å². The van der Waals surface area contributed by atoms with Crippen molar-refractivity contribution in [3.8, 4) is 0 Å². The molecule has 1 aromatic heterocycles. The first-order chi connectivity index (χ1) is 22.7. The zero-order valence-electron chi connectivity index (χ0n) is 25.8. The second-order valence-corrected chi connectivity index (χ2v) is 13.0. The third kappa shape index (κ3) is 8.34. The number of thiazole rings is 1. The molecule has 0 bridgehead atoms. The molecule has 2 aliphatic rings. The van der Waals surface area contributed by atoms with Crippen molar-refractivity contribution < 1.29 is 47.9 Å². The van der Waals surface area contributed by atoms with Gasteiger partial charge in [-0.15, -0.1) is 23.1 Å². The number of nitro benzene ring substituents is 1. The first kappa shape index (κ1) is 35.6. The number of oxime groups is 1. The Morgan fingerprint density at radius 3 is 2.52 bits per heavy atom. The van der Waals surface area contributed by atoms with Gasteiger partial charge in [-0.1, -0.05) is 17.8 Å². The standard InChI is InChI=1S/C29H30N6O11S2/c1-5-16-12-47-25-21(24(38)34(25)22(16)26(39)44-14-45-27(40)29(2,3)4)32-23(37)20(18-13-48-28(30)31-18)33-46-11-19(36)43-10-15-6-8-17(9-7-15)35(41)42/h5-9,13,21,25H,1,10-12,14H2,2-4H3,(H2,30,31)(H,32,37)/b33-20-/t21?,25-/m1/s1. The summed E-state index contributed by atoms with van der Waals surface area (Å²) in [5.41, 5.74) is 5.22. The Morgan fingerprint density at radius 2 is 1.92 bits per heavy atom. The van der Waals surface area contributed by atoms with E-state index in [0.29, 0.717) is 11.1 Å². The Balaban J connectivity index is 1.39. The van der Waals surface area contributed by atoms with E-state index in [2.05, 4.69) is 22.0 Å². The normalized spacial score (nSPS) is 17.4. The van der Waals surface area contributed by atoms with Crippen LogP contribution in [-0.2, 0) is 49.6 Å². The molecule has 3 heterocycles. The van der Waals surface area contributed by atoms with Crippen LogP contribution in [0.3, 0.4) is 0 Å². The lowest BCUT2D eigenvalue weighted by molar-refractivity contribution is -0.384. The number of hydrogen-bond donors (Lipinski definition) is 2. The van der Waals surface area contributed by atoms with Gasteiger partial charge in [-0.2, -0.15) is 0 Å². The van der Waals surface area contributed by atoms with Crippen LogP contribution in [0.5, 0.6) is 0 Å². The van der Waals surface area contributed by atoms with Crippen molar-refractivity contribution in [3.63, 3.8) is 0 Å². The van der Waals surface area contributed by atoms with Gasteiger partial charge in [0.15, 0.2) is 10.8 Å². The van der Waals surface area contributed by atoms with Crippen molar-refractivity contribution in [1.29, 1.82) is 0 Å². The van der Waals surface area contributed by atoms with Crippen LogP contribution in [0.25, 0.3) is 0 Å². The van der Waals surface area contributed by atoms with Gasteiger partial charge in [-0.3, -0.25) is 29.4 Å². The van der Waals surface area contributed by atoms with Crippen LogP contribution in [0.15, 0.2) is 58.7 Å². The van der Waals surface area contributed by atoms with E-state index < -0.39 is 64.9 Å². The highest BCUT2D eigenvalue weighted by Crippen LogP contribution is 2.41. The number of carbonyl (C=O) groups is 5. The molecule has 1 saturated heterocycles. The average molecular weight is 703 g/mol. The number of nitrogen functional groups attached to an aromatic ring is 1. The minimum Gasteiger partial charge on any atom is -0.458 e. The van der Waals surface area contributed by atoms with Crippen LogP contribution < -0.4 is 11.1 Å². The Morgan fingerprint density at radius 1 is 1.21 bits per heavy atom. The molecule has 3 N–H and O–H groups in total. The number of rotatable bonds is 13. The van der Waals surface area contributed by atoms with Crippen LogP contribution in [0.1, 0.15) is 32.0 Å². The number of fused-ring (bicyclic) bond motifs is 1. The fourth-order valence-electron chi connectivity index (χ4n) is 4.09. The van der Waals surface area contributed by atoms with E-state index in [4.69, 9.17) is 24.8 Å². The maximum atomic E-state index is 13.3. The molecular weight excluding hydrogens is 672 g/mol. The molecule has 2 amide bonds. The van der Waals surface area contributed by atoms with E-state index in [1.165, 1.54) is 52.4 Å². The summed E-state index contributed by atoms with van der Waals surface area (Å²) < 4.78 is 15.2. The first-order valence-electron chi connectivity index (χ1n) is 14.0. The van der Waals surface area contributed by atoms with Gasteiger partial charge in [-0.25, -0.2) is 14.6 Å². The lowest BCUT2D eigenvalue weighted by Crippen LogP contribution is -2.71. The maximum absolute atomic E-state index is 13.3. The van der Waals surface area contributed by atoms with Gasteiger partial charge in [0, 0.05) is 23.3 Å². The number of β-lactam (4-membered cyclic amide) rings is 1. The molecule has 19 heteroatoms. The Kier molecular flexibility index (Phi) is 11.2. The van der Waals surface area contributed by atoms with Crippen molar-refractivity contribution in [2.75, 3.05) is 24.9 Å². The van der Waals surface area contributed by atoms with Crippen molar-refractivity contribution in [1.82, 2.24) is 15.2 Å². The summed E-state index contributed by atoms with van der Waals surface area (Å²) in [5.74, 6) is -3.61. The molecule has 0 aliphatic carbocycles. The number of allylic oxidation sites excluding steroid dienone is 1. The Labute approximate surface area is 281 Å². The average Bonchev–Trinajstić information content (AvgIpc) is 3.48. The number of non-ortho nitro benzene ring substituents is 1. The van der Waals surface area contributed by atoms with E-state index in [9.17, 15) is 34.1 Å². The predicted octanol–water partition coefficient (Wildman–Crippen LogP) is 2.03. The number of amides is 2. The van der Waals surface area contributed by atoms with Crippen molar-refractivity contribution >= 4 is 69.4 Å². The highest BCUT2D eigenvalue weighted by molar-refractivity contribution is 8.00. The quantitative estimate of drug-likeness (QED) is 0.0760. The number of hydrogen-bond acceptors (Lipinski definition) is 16. The molecule has 4 rings (SSSR count). The highest BCUT2D eigenvalue weighted by Gasteiger charge is 2.54. The monoisotopic (exact) mass is 702 g/mol. The smallest absolute Gasteiger partial charge is 0.358 e. The number of esters is 3. The van der Waals surface area contributed by atoms with Crippen LogP contribution >= 0.6 is 23.1 Å². The second-order valence-electron chi connectivity index (χ2n) is 11.0. The summed E-state index contributed by atoms with van der Waals surface area (Å²) in [7, 11) is 0. The zero-order chi connectivity index (χ0) is 35.2. The van der Waals surface area contributed by atoms with Crippen LogP contribution in [0.2, 0.25) is 0 Å². The van der Waals surface area contributed by atoms with E-state index >= 15 is 0 Å². The van der Waals surface area contributed by atoms with Crippen LogP contribution in [0.4, 0.5) is 10.8 Å². The summed E-state index contributed by atoms with van der Waals surface area (Å²) >= 11 is 2.27. The fraction of sp³-hybridized carbons (Fsp3) is 0.345. The number of ether oxygens (including phenoxy) is 3. The molecule has 1 aromatic carbocycles. The van der Waals surface area contributed by atoms with Gasteiger partial charge in [0.2, 0.25) is 13.4 Å². The molecule has 0 radical (unpaired) electrons. The van der Waals surface area contributed by atoms with Crippen LogP contribution in [-0.4, -0.2) is 80.8 Å². The lowest BCUT2D eigenvalue weighted by Gasteiger charge is -2.49. The van der Waals surface area contributed by atoms with Crippen molar-refractivity contribution in [2.45, 2.75) is 38.8 Å². The third-order valence-corrected chi connectivity index (χ3v) is 8.56. The number of benzene rings is 1. The van der Waals surface area contributed by atoms with E-state index in [0.717, 1.165) is 11.3 Å². The lowest BCUT2D eigenvalue weighted by atomic mass is 9.98. The first-order valence-corrected chi connectivity index (χ1v) is 15.9. The second kappa shape index (κ2) is 15.1. The van der Waals surface area contributed by atoms with Gasteiger partial charge in [0.25, 0.3) is 17.5 Å². The molecule has 2 aliphatic heterocycles. The van der Waals surface area contributed by atoms with Gasteiger partial charge < -0.3 is 30.1 Å². The minimum absolute atomic E-state index is 0.0112. The SMILES string of the molecule is C=CC1=C(C(=O)OCOC(=O)C(C)(C)C)N2C(=O)C(NC(=O)/C(=N\OCC(=O)OCc3ccc([N+](=O)[O-])cc3)c3csc(N)n3)[C@H]2SC1. The number of nitro groups is 1. The Hall–Kier alpha value is -5.30. The Bertz CT molecular complexity index is 1700. The van der Waals surface area contributed by atoms with Gasteiger partial charge in [0.05, 0.1) is 10.3 Å². The number of carbonyl (C=O) groups excluding carboxylic acids is 5. The highest BCUT2D eigenvalue weighted by atomic mass is 32.2. The summed E-state index contributed by atoms with van der Waals surface area (Å²) in [6, 6.07) is 4.29. The molecule has 254 valence electrons. The molecule has 2 aromatic rings. The predicted molar refractivity (Wildman–Crippen MR) is 171 cm³/mol. The van der Waals surface area contributed by atoms with Gasteiger partial charge >= 0.3 is 17.9 Å². The maximum Gasteiger partial charge on any atom is 0.358 e. The molecular formula is C29H30N6O11S2. The number of nitrogens with zero attached hydrogens (tertiary/aromatic N) is 4. The molecule has 48 heavy (non-hydrogen) atoms. The van der Waals surface area contributed by atoms with E-state index in [-0.39, 0.29) is 40.3 Å². The van der Waals surface area contributed by atoms with Gasteiger partial charge in [-0.05, 0) is 44.0 Å². The number of nitrogens with two attached hydrogens (primary N) is 1. The summed E-state index contributed by atoms with van der Waals surface area (Å²) in [5, 5.41) is 17.9. The number of thioether (sulfide) groups is 1. The third-order valence-electron chi connectivity index (χ3n) is 6.58. The largest absolute Gasteiger partial charge is 0.458 e. The minimum atomic E-state index is -1.09. The zero-order valence-corrected chi connectivity index (χ0v) is 27.5. The van der Waals surface area contributed by atoms with E-state index in [1.54, 1.807) is 20.8 Å². The van der Waals surface area contributed by atoms with E-state index in [1.807, 2.05) is 0 Å². The molecule has 0 spiro atoms. The molecule has 1 fully saturated rings. The topological polar surface area (TPSA) is 232 Å². The van der Waals surface area contributed by atoms with Crippen molar-refractivity contribution in [2.24, 2.45) is 10.6 Å². The molecule has 0 saturated carbocycles. The summed E-state index contributed by atoms with van der Waals surface area (Å²) in [6.45, 7) is 7.04. The number of nitrogens with one attached hydrogen (secondary N) is 1. The summed E-state index contributed by atoms with van der Waals surface area (Å²) in [4.78, 5) is 84.3.